The predicted molar refractivity (Wildman–Crippen MR) is 107 cm³/mol. The van der Waals surface area contributed by atoms with Gasteiger partial charge in [-0.3, -0.25) is 9.69 Å². The molecular weight excluding hydrogens is 394 g/mol. The highest BCUT2D eigenvalue weighted by Gasteiger charge is 2.33. The summed E-state index contributed by atoms with van der Waals surface area (Å²) in [6, 6.07) is 13.7. The zero-order chi connectivity index (χ0) is 18.7. The smallest absolute Gasteiger partial charge is 0.341 e. The van der Waals surface area contributed by atoms with Crippen LogP contribution in [-0.2, 0) is 9.59 Å². The van der Waals surface area contributed by atoms with Crippen molar-refractivity contribution in [1.29, 1.82) is 0 Å². The summed E-state index contributed by atoms with van der Waals surface area (Å²) in [5.74, 6) is -0.816. The normalized spacial score (nSPS) is 15.6. The van der Waals surface area contributed by atoms with Gasteiger partial charge in [0.2, 0.25) is 0 Å². The Morgan fingerprint density at radius 3 is 2.65 bits per heavy atom. The van der Waals surface area contributed by atoms with Gasteiger partial charge in [-0.25, -0.2) is 4.79 Å². The highest BCUT2D eigenvalue weighted by atomic mass is 35.5. The van der Waals surface area contributed by atoms with Crippen LogP contribution in [-0.4, -0.2) is 27.9 Å². The number of anilines is 1. The minimum atomic E-state index is -1.04. The third kappa shape index (κ3) is 4.24. The maximum atomic E-state index is 12.7. The molecule has 1 aliphatic heterocycles. The first-order valence-electron chi connectivity index (χ1n) is 7.42. The molecule has 2 aromatic carbocycles. The Morgan fingerprint density at radius 1 is 1.27 bits per heavy atom. The summed E-state index contributed by atoms with van der Waals surface area (Å²) < 4.78 is 5.52. The third-order valence-electron chi connectivity index (χ3n) is 3.40. The summed E-state index contributed by atoms with van der Waals surface area (Å²) in [6.45, 7) is -0.405. The van der Waals surface area contributed by atoms with Crippen LogP contribution in [0.1, 0.15) is 5.56 Å². The van der Waals surface area contributed by atoms with Gasteiger partial charge in [-0.15, -0.1) is 0 Å². The number of thioether (sulfide) groups is 1. The molecular formula is C18H12ClNO4S2. The van der Waals surface area contributed by atoms with Crippen LogP contribution >= 0.6 is 35.6 Å². The quantitative estimate of drug-likeness (QED) is 0.593. The van der Waals surface area contributed by atoms with E-state index < -0.39 is 12.6 Å². The van der Waals surface area contributed by atoms with Gasteiger partial charge < -0.3 is 9.84 Å². The molecule has 1 saturated heterocycles. The van der Waals surface area contributed by atoms with Crippen molar-refractivity contribution in [2.45, 2.75) is 0 Å². The van der Waals surface area contributed by atoms with E-state index in [9.17, 15) is 9.59 Å². The van der Waals surface area contributed by atoms with Gasteiger partial charge in [0, 0.05) is 5.02 Å². The molecule has 1 heterocycles. The molecule has 5 nitrogen and oxygen atoms in total. The molecule has 0 aliphatic carbocycles. The maximum Gasteiger partial charge on any atom is 0.341 e. The van der Waals surface area contributed by atoms with Crippen LogP contribution in [0, 0.1) is 0 Å². The molecule has 2 aromatic rings. The van der Waals surface area contributed by atoms with Crippen molar-refractivity contribution in [2.24, 2.45) is 0 Å². The molecule has 0 atom stereocenters. The Balaban J connectivity index is 1.78. The Kier molecular flexibility index (Phi) is 5.61. The minimum absolute atomic E-state index is 0.214. The second kappa shape index (κ2) is 7.90. The first-order chi connectivity index (χ1) is 12.4. The molecule has 0 bridgehead atoms. The van der Waals surface area contributed by atoms with Crippen LogP contribution in [0.5, 0.6) is 5.75 Å². The Labute approximate surface area is 164 Å². The van der Waals surface area contributed by atoms with Crippen LogP contribution in [0.15, 0.2) is 53.4 Å². The van der Waals surface area contributed by atoms with Gasteiger partial charge in [0.1, 0.15) is 5.75 Å². The number of carboxylic acid groups (broad SMARTS) is 1. The van der Waals surface area contributed by atoms with Gasteiger partial charge >= 0.3 is 5.97 Å². The summed E-state index contributed by atoms with van der Waals surface area (Å²) in [4.78, 5) is 25.1. The summed E-state index contributed by atoms with van der Waals surface area (Å²) in [6.07, 6.45) is 1.73. The van der Waals surface area contributed by atoms with E-state index in [4.69, 9.17) is 33.7 Å². The van der Waals surface area contributed by atoms with E-state index in [-0.39, 0.29) is 5.91 Å². The second-order valence-corrected chi connectivity index (χ2v) is 7.36. The van der Waals surface area contributed by atoms with Crippen molar-refractivity contribution < 1.29 is 19.4 Å². The molecule has 0 unspecified atom stereocenters. The van der Waals surface area contributed by atoms with Crippen LogP contribution in [0.3, 0.4) is 0 Å². The van der Waals surface area contributed by atoms with Gasteiger partial charge in [-0.2, -0.15) is 0 Å². The standard InChI is InChI=1S/C18H12ClNO4S2/c19-12-2-1-3-13(9-12)20-17(23)15(26-18(20)25)8-11-4-6-14(7-5-11)24-10-16(21)22/h1-9H,10H2,(H,21,22)/b15-8-. The van der Waals surface area contributed by atoms with Crippen LogP contribution in [0.4, 0.5) is 5.69 Å². The molecule has 3 rings (SSSR count). The number of aliphatic carboxylic acids is 1. The van der Waals surface area contributed by atoms with Gasteiger partial charge in [-0.1, -0.05) is 53.8 Å². The number of rotatable bonds is 5. The van der Waals surface area contributed by atoms with Gasteiger partial charge in [-0.05, 0) is 42.0 Å². The molecule has 0 aromatic heterocycles. The Morgan fingerprint density at radius 2 is 2.00 bits per heavy atom. The summed E-state index contributed by atoms with van der Waals surface area (Å²) in [7, 11) is 0. The van der Waals surface area contributed by atoms with Crippen LogP contribution < -0.4 is 9.64 Å². The van der Waals surface area contributed by atoms with E-state index in [1.807, 2.05) is 0 Å². The number of benzene rings is 2. The Bertz CT molecular complexity index is 912. The largest absolute Gasteiger partial charge is 0.482 e. The van der Waals surface area contributed by atoms with Crippen molar-refractivity contribution in [3.63, 3.8) is 0 Å². The number of ether oxygens (including phenoxy) is 1. The number of carbonyl (C=O) groups excluding carboxylic acids is 1. The molecule has 0 saturated carbocycles. The lowest BCUT2D eigenvalue weighted by Gasteiger charge is -2.14. The van der Waals surface area contributed by atoms with Crippen molar-refractivity contribution >= 4 is 63.5 Å². The monoisotopic (exact) mass is 405 g/mol. The number of hydrogen-bond acceptors (Lipinski definition) is 5. The van der Waals surface area contributed by atoms with Crippen LogP contribution in [0.2, 0.25) is 5.02 Å². The molecule has 1 N–H and O–H groups in total. The lowest BCUT2D eigenvalue weighted by atomic mass is 10.2. The molecule has 132 valence electrons. The highest BCUT2D eigenvalue weighted by Crippen LogP contribution is 2.36. The van der Waals surface area contributed by atoms with Crippen molar-refractivity contribution in [2.75, 3.05) is 11.5 Å². The third-order valence-corrected chi connectivity index (χ3v) is 4.94. The second-order valence-electron chi connectivity index (χ2n) is 5.25. The fourth-order valence-corrected chi connectivity index (χ4v) is 3.75. The number of thiocarbonyl (C=S) groups is 1. The molecule has 1 aliphatic rings. The summed E-state index contributed by atoms with van der Waals surface area (Å²) >= 11 is 12.5. The number of nitrogens with zero attached hydrogens (tertiary/aromatic N) is 1. The van der Waals surface area contributed by atoms with E-state index in [1.54, 1.807) is 54.6 Å². The Hall–Kier alpha value is -2.35. The summed E-state index contributed by atoms with van der Waals surface area (Å²) in [5.41, 5.74) is 1.40. The van der Waals surface area contributed by atoms with Crippen LogP contribution in [0.25, 0.3) is 6.08 Å². The van der Waals surface area contributed by atoms with Gasteiger partial charge in [0.15, 0.2) is 10.9 Å². The zero-order valence-electron chi connectivity index (χ0n) is 13.2. The van der Waals surface area contributed by atoms with Crippen molar-refractivity contribution in [1.82, 2.24) is 0 Å². The first-order valence-corrected chi connectivity index (χ1v) is 9.02. The average molecular weight is 406 g/mol. The lowest BCUT2D eigenvalue weighted by molar-refractivity contribution is -0.139. The SMILES string of the molecule is O=C(O)COc1ccc(/C=C2\SC(=S)N(c3cccc(Cl)c3)C2=O)cc1. The van der Waals surface area contributed by atoms with Crippen molar-refractivity contribution in [3.8, 4) is 5.75 Å². The van der Waals surface area contributed by atoms with Gasteiger partial charge in [0.25, 0.3) is 5.91 Å². The van der Waals surface area contributed by atoms with E-state index in [0.29, 0.717) is 25.7 Å². The number of carboxylic acids is 1. The minimum Gasteiger partial charge on any atom is -0.482 e. The predicted octanol–water partition coefficient (Wildman–Crippen LogP) is 4.21. The van der Waals surface area contributed by atoms with E-state index in [1.165, 1.54) is 16.7 Å². The summed E-state index contributed by atoms with van der Waals surface area (Å²) in [5, 5.41) is 9.13. The number of amides is 1. The fraction of sp³-hybridized carbons (Fsp3) is 0.0556. The molecule has 8 heteroatoms. The fourth-order valence-electron chi connectivity index (χ4n) is 2.26. The number of hydrogen-bond donors (Lipinski definition) is 1. The number of carbonyl (C=O) groups is 2. The number of halogens is 1. The van der Waals surface area contributed by atoms with Gasteiger partial charge in [0.05, 0.1) is 10.6 Å². The topological polar surface area (TPSA) is 66.8 Å². The van der Waals surface area contributed by atoms with E-state index >= 15 is 0 Å². The van der Waals surface area contributed by atoms with E-state index in [2.05, 4.69) is 0 Å². The lowest BCUT2D eigenvalue weighted by Crippen LogP contribution is -2.27. The first kappa shape index (κ1) is 18.4. The average Bonchev–Trinajstić information content (AvgIpc) is 2.88. The van der Waals surface area contributed by atoms with E-state index in [0.717, 1.165) is 5.56 Å². The molecule has 1 fully saturated rings. The highest BCUT2D eigenvalue weighted by molar-refractivity contribution is 8.27. The zero-order valence-corrected chi connectivity index (χ0v) is 15.6. The maximum absolute atomic E-state index is 12.7. The molecule has 0 spiro atoms. The molecule has 0 radical (unpaired) electrons. The molecule has 1 amide bonds. The molecule has 26 heavy (non-hydrogen) atoms. The van der Waals surface area contributed by atoms with Crippen molar-refractivity contribution in [3.05, 3.63) is 64.0 Å².